The average Bonchev–Trinajstić information content (AvgIpc) is 2.95. The van der Waals surface area contributed by atoms with Gasteiger partial charge in [-0.1, -0.05) is 23.8 Å². The molecule has 0 fully saturated rings. The van der Waals surface area contributed by atoms with Crippen LogP contribution in [0.2, 0.25) is 0 Å². The molecule has 2 aromatic rings. The van der Waals surface area contributed by atoms with Crippen LogP contribution in [0, 0.1) is 6.92 Å². The van der Waals surface area contributed by atoms with Crippen molar-refractivity contribution in [3.05, 3.63) is 71.8 Å². The van der Waals surface area contributed by atoms with E-state index in [1.165, 1.54) is 4.31 Å². The Balaban J connectivity index is 1.96. The molecule has 0 aliphatic carbocycles. The largest absolute Gasteiger partial charge is 0.349 e. The summed E-state index contributed by atoms with van der Waals surface area (Å²) in [6.07, 6.45) is 2.19. The molecule has 5 nitrogen and oxygen atoms in total. The van der Waals surface area contributed by atoms with E-state index in [9.17, 15) is 13.2 Å². The third-order valence-electron chi connectivity index (χ3n) is 4.48. The van der Waals surface area contributed by atoms with Crippen LogP contribution in [-0.4, -0.2) is 26.9 Å². The number of hydrogen-bond donors (Lipinski definition) is 1. The molecule has 3 rings (SSSR count). The summed E-state index contributed by atoms with van der Waals surface area (Å²) in [6, 6.07) is 11.8. The monoisotopic (exact) mass is 370 g/mol. The van der Waals surface area contributed by atoms with Crippen LogP contribution in [0.1, 0.15) is 28.4 Å². The molecule has 2 aromatic carbocycles. The number of carbonyl (C=O) groups excluding carboxylic acids is 1. The number of sulfonamides is 1. The number of benzene rings is 2. The van der Waals surface area contributed by atoms with Gasteiger partial charge in [-0.3, -0.25) is 9.10 Å². The molecule has 0 aromatic heterocycles. The summed E-state index contributed by atoms with van der Waals surface area (Å²) in [4.78, 5) is 12.4. The maximum Gasteiger partial charge on any atom is 0.264 e. The zero-order chi connectivity index (χ0) is 18.9. The van der Waals surface area contributed by atoms with Crippen molar-refractivity contribution in [2.45, 2.75) is 31.2 Å². The Morgan fingerprint density at radius 1 is 1.27 bits per heavy atom. The maximum atomic E-state index is 13.1. The Bertz CT molecular complexity index is 950. The zero-order valence-electron chi connectivity index (χ0n) is 14.9. The topological polar surface area (TPSA) is 66.5 Å². The van der Waals surface area contributed by atoms with Crippen molar-refractivity contribution in [3.8, 4) is 0 Å². The van der Waals surface area contributed by atoms with E-state index >= 15 is 0 Å². The van der Waals surface area contributed by atoms with Crippen molar-refractivity contribution in [2.24, 2.45) is 0 Å². The van der Waals surface area contributed by atoms with Gasteiger partial charge in [0.15, 0.2) is 0 Å². The summed E-state index contributed by atoms with van der Waals surface area (Å²) in [5.74, 6) is -0.194. The fraction of sp³-hybridized carbons (Fsp3) is 0.250. The molecule has 136 valence electrons. The van der Waals surface area contributed by atoms with Crippen LogP contribution >= 0.6 is 0 Å². The van der Waals surface area contributed by atoms with Gasteiger partial charge in [-0.25, -0.2) is 8.42 Å². The van der Waals surface area contributed by atoms with Gasteiger partial charge in [-0.2, -0.15) is 0 Å². The van der Waals surface area contributed by atoms with Gasteiger partial charge in [-0.15, -0.1) is 6.58 Å². The highest BCUT2D eigenvalue weighted by atomic mass is 32.2. The second-order valence-electron chi connectivity index (χ2n) is 6.51. The third-order valence-corrected chi connectivity index (χ3v) is 6.42. The summed E-state index contributed by atoms with van der Waals surface area (Å²) in [5, 5.41) is 2.73. The van der Waals surface area contributed by atoms with Crippen molar-refractivity contribution >= 4 is 21.6 Å². The molecule has 6 heteroatoms. The van der Waals surface area contributed by atoms with Crippen LogP contribution in [0.5, 0.6) is 0 Å². The number of rotatable bonds is 5. The van der Waals surface area contributed by atoms with Crippen LogP contribution in [0.25, 0.3) is 0 Å². The van der Waals surface area contributed by atoms with E-state index in [1.807, 2.05) is 13.8 Å². The second-order valence-corrected chi connectivity index (χ2v) is 8.32. The third kappa shape index (κ3) is 3.24. The van der Waals surface area contributed by atoms with E-state index in [0.29, 0.717) is 24.2 Å². The molecule has 1 heterocycles. The number of nitrogens with zero attached hydrogens (tertiary/aromatic N) is 1. The lowest BCUT2D eigenvalue weighted by Gasteiger charge is -2.24. The summed E-state index contributed by atoms with van der Waals surface area (Å²) in [6.45, 7) is 7.76. The summed E-state index contributed by atoms with van der Waals surface area (Å²) in [5.41, 5.74) is 3.03. The van der Waals surface area contributed by atoms with Gasteiger partial charge in [-0.05, 0) is 56.2 Å². The number of aryl methyl sites for hydroxylation is 1. The van der Waals surface area contributed by atoms with Gasteiger partial charge in [0.25, 0.3) is 15.9 Å². The van der Waals surface area contributed by atoms with E-state index in [1.54, 1.807) is 48.5 Å². The standard InChI is InChI=1S/C20H22N2O3S/c1-4-11-21-20(23)16-7-10-19-17(13-16)12-15(3)22(19)26(24,25)18-8-5-14(2)6-9-18/h4-10,13,15H,1,11-12H2,2-3H3,(H,21,23)/t15-/m0/s1. The number of carbonyl (C=O) groups is 1. The lowest BCUT2D eigenvalue weighted by Crippen LogP contribution is -2.35. The van der Waals surface area contributed by atoms with Crippen LogP contribution < -0.4 is 9.62 Å². The van der Waals surface area contributed by atoms with Crippen LogP contribution in [0.15, 0.2) is 60.0 Å². The smallest absolute Gasteiger partial charge is 0.264 e. The van der Waals surface area contributed by atoms with Crippen molar-refractivity contribution in [3.63, 3.8) is 0 Å². The lowest BCUT2D eigenvalue weighted by molar-refractivity contribution is 0.0958. The number of anilines is 1. The molecule has 0 spiro atoms. The van der Waals surface area contributed by atoms with Crippen LogP contribution in [-0.2, 0) is 16.4 Å². The first kappa shape index (κ1) is 18.2. The molecule has 0 bridgehead atoms. The van der Waals surface area contributed by atoms with E-state index in [2.05, 4.69) is 11.9 Å². The summed E-state index contributed by atoms with van der Waals surface area (Å²) >= 11 is 0. The van der Waals surface area contributed by atoms with Gasteiger partial charge in [0.2, 0.25) is 0 Å². The highest BCUT2D eigenvalue weighted by Crippen LogP contribution is 2.37. The van der Waals surface area contributed by atoms with Crippen molar-refractivity contribution in [1.29, 1.82) is 0 Å². The number of fused-ring (bicyclic) bond motifs is 1. The molecule has 0 unspecified atom stereocenters. The average molecular weight is 370 g/mol. The molecule has 0 saturated heterocycles. The van der Waals surface area contributed by atoms with Crippen molar-refractivity contribution in [2.75, 3.05) is 10.8 Å². The highest BCUT2D eigenvalue weighted by Gasteiger charge is 2.36. The Labute approximate surface area is 154 Å². The molecule has 0 saturated carbocycles. The molecule has 1 aliphatic heterocycles. The highest BCUT2D eigenvalue weighted by molar-refractivity contribution is 7.92. The van der Waals surface area contributed by atoms with Gasteiger partial charge in [0.1, 0.15) is 0 Å². The van der Waals surface area contributed by atoms with E-state index < -0.39 is 10.0 Å². The predicted octanol–water partition coefficient (Wildman–Crippen LogP) is 3.05. The Hall–Kier alpha value is -2.60. The Morgan fingerprint density at radius 2 is 1.96 bits per heavy atom. The minimum Gasteiger partial charge on any atom is -0.349 e. The first-order valence-electron chi connectivity index (χ1n) is 8.47. The van der Waals surface area contributed by atoms with E-state index in [4.69, 9.17) is 0 Å². The molecular weight excluding hydrogens is 348 g/mol. The number of hydrogen-bond acceptors (Lipinski definition) is 3. The molecule has 26 heavy (non-hydrogen) atoms. The van der Waals surface area contributed by atoms with Crippen LogP contribution in [0.4, 0.5) is 5.69 Å². The second kappa shape index (κ2) is 6.96. The minimum atomic E-state index is -3.65. The predicted molar refractivity (Wildman–Crippen MR) is 103 cm³/mol. The van der Waals surface area contributed by atoms with Gasteiger partial charge >= 0.3 is 0 Å². The molecular formula is C20H22N2O3S. The maximum absolute atomic E-state index is 13.1. The lowest BCUT2D eigenvalue weighted by atomic mass is 10.1. The van der Waals surface area contributed by atoms with Gasteiger partial charge < -0.3 is 5.32 Å². The first-order valence-corrected chi connectivity index (χ1v) is 9.91. The molecule has 1 aliphatic rings. The molecule has 1 atom stereocenters. The number of amides is 1. The van der Waals surface area contributed by atoms with E-state index in [0.717, 1.165) is 11.1 Å². The van der Waals surface area contributed by atoms with Gasteiger partial charge in [0, 0.05) is 18.2 Å². The Morgan fingerprint density at radius 3 is 2.62 bits per heavy atom. The molecule has 1 amide bonds. The normalized spacial score (nSPS) is 16.2. The number of nitrogens with one attached hydrogen (secondary N) is 1. The molecule has 0 radical (unpaired) electrons. The Kier molecular flexibility index (Phi) is 4.87. The SMILES string of the molecule is C=CCNC(=O)c1ccc2c(c1)C[C@H](C)N2S(=O)(=O)c1ccc(C)cc1. The van der Waals surface area contributed by atoms with E-state index in [-0.39, 0.29) is 16.8 Å². The minimum absolute atomic E-state index is 0.194. The quantitative estimate of drug-likeness (QED) is 0.823. The fourth-order valence-electron chi connectivity index (χ4n) is 3.20. The molecule has 1 N–H and O–H groups in total. The van der Waals surface area contributed by atoms with Crippen LogP contribution in [0.3, 0.4) is 0 Å². The van der Waals surface area contributed by atoms with Crippen molar-refractivity contribution in [1.82, 2.24) is 5.32 Å². The zero-order valence-corrected chi connectivity index (χ0v) is 15.7. The first-order chi connectivity index (χ1) is 12.3. The van der Waals surface area contributed by atoms with Gasteiger partial charge in [0.05, 0.1) is 10.6 Å². The summed E-state index contributed by atoms with van der Waals surface area (Å²) in [7, 11) is -3.65. The summed E-state index contributed by atoms with van der Waals surface area (Å²) < 4.78 is 27.7. The fourth-order valence-corrected chi connectivity index (χ4v) is 4.89. The van der Waals surface area contributed by atoms with Crippen molar-refractivity contribution < 1.29 is 13.2 Å².